The van der Waals surface area contributed by atoms with Gasteiger partial charge in [0, 0.05) is 10.9 Å². The van der Waals surface area contributed by atoms with Gasteiger partial charge in [0.15, 0.2) is 9.84 Å². The molecule has 0 bridgehead atoms. The van der Waals surface area contributed by atoms with E-state index in [1.807, 2.05) is 17.5 Å². The summed E-state index contributed by atoms with van der Waals surface area (Å²) in [7, 11) is -3.06. The average Bonchev–Trinajstić information content (AvgIpc) is 3.17. The highest BCUT2D eigenvalue weighted by Crippen LogP contribution is 2.33. The Morgan fingerprint density at radius 2 is 2.29 bits per heavy atom. The van der Waals surface area contributed by atoms with Crippen molar-refractivity contribution in [2.24, 2.45) is 0 Å². The molecule has 2 fully saturated rings. The summed E-state index contributed by atoms with van der Waals surface area (Å²) >= 11 is 7.86. The van der Waals surface area contributed by atoms with Gasteiger partial charge >= 0.3 is 0 Å². The van der Waals surface area contributed by atoms with Gasteiger partial charge in [0.2, 0.25) is 5.91 Å². The van der Waals surface area contributed by atoms with Crippen LogP contribution in [0.3, 0.4) is 0 Å². The third kappa shape index (κ3) is 4.05. The molecular formula is C14H14N2O4S4. The number of rotatable bonds is 4. The zero-order valence-corrected chi connectivity index (χ0v) is 15.7. The number of thioether (sulfide) groups is 1. The first-order chi connectivity index (χ1) is 11.3. The number of nitrogens with one attached hydrogen (secondary N) is 1. The summed E-state index contributed by atoms with van der Waals surface area (Å²) in [5, 5.41) is 4.58. The standard InChI is InChI=1S/C14H14N2O4S4/c17-12(15-9-3-5-24(19,20)8-9)7-16-13(18)11(23-14(16)21)6-10-2-1-4-22-10/h1-2,4,6,9H,3,5,7-8H2,(H,15,17)/b11-6+/t9-/m1/s1. The molecule has 0 aliphatic carbocycles. The maximum atomic E-state index is 12.4. The summed E-state index contributed by atoms with van der Waals surface area (Å²) in [4.78, 5) is 27.2. The van der Waals surface area contributed by atoms with Crippen LogP contribution in [0.25, 0.3) is 6.08 Å². The van der Waals surface area contributed by atoms with E-state index < -0.39 is 15.7 Å². The molecule has 1 atom stereocenters. The van der Waals surface area contributed by atoms with Gasteiger partial charge in [-0.1, -0.05) is 30.0 Å². The second-order valence-corrected chi connectivity index (χ2v) is 10.3. The number of carbonyl (C=O) groups is 2. The van der Waals surface area contributed by atoms with Gasteiger partial charge in [0.1, 0.15) is 10.9 Å². The number of amides is 2. The molecule has 2 aliphatic heterocycles. The Hall–Kier alpha value is -1.23. The molecule has 0 unspecified atom stereocenters. The quantitative estimate of drug-likeness (QED) is 0.603. The van der Waals surface area contributed by atoms with E-state index in [4.69, 9.17) is 12.2 Å². The molecule has 3 heterocycles. The molecule has 0 aromatic carbocycles. The lowest BCUT2D eigenvalue weighted by Gasteiger charge is -2.16. The molecular weight excluding hydrogens is 388 g/mol. The Kier molecular flexibility index (Phi) is 5.09. The van der Waals surface area contributed by atoms with Gasteiger partial charge in [-0.05, 0) is 23.9 Å². The summed E-state index contributed by atoms with van der Waals surface area (Å²) in [6.07, 6.45) is 2.16. The molecule has 0 saturated carbocycles. The lowest BCUT2D eigenvalue weighted by molar-refractivity contribution is -0.129. The molecule has 1 aromatic rings. The van der Waals surface area contributed by atoms with Gasteiger partial charge in [-0.15, -0.1) is 11.3 Å². The van der Waals surface area contributed by atoms with Gasteiger partial charge < -0.3 is 5.32 Å². The van der Waals surface area contributed by atoms with Crippen molar-refractivity contribution >= 4 is 67.4 Å². The van der Waals surface area contributed by atoms with E-state index in [2.05, 4.69) is 5.32 Å². The van der Waals surface area contributed by atoms with Crippen LogP contribution in [0, 0.1) is 0 Å². The highest BCUT2D eigenvalue weighted by atomic mass is 32.2. The second kappa shape index (κ2) is 6.95. The largest absolute Gasteiger partial charge is 0.351 e. The molecule has 2 aliphatic rings. The maximum absolute atomic E-state index is 12.4. The second-order valence-electron chi connectivity index (χ2n) is 5.45. The van der Waals surface area contributed by atoms with Crippen LogP contribution in [-0.2, 0) is 19.4 Å². The topological polar surface area (TPSA) is 83.6 Å². The number of nitrogens with zero attached hydrogens (tertiary/aromatic N) is 1. The SMILES string of the molecule is O=C(CN1C(=O)/C(=C\c2cccs2)SC1=S)N[C@@H]1CCS(=O)(=O)C1. The van der Waals surface area contributed by atoms with Crippen LogP contribution in [0.5, 0.6) is 0 Å². The molecule has 128 valence electrons. The van der Waals surface area contributed by atoms with Crippen molar-refractivity contribution in [3.63, 3.8) is 0 Å². The van der Waals surface area contributed by atoms with Crippen LogP contribution in [0.15, 0.2) is 22.4 Å². The first-order valence-electron chi connectivity index (χ1n) is 7.13. The molecule has 2 saturated heterocycles. The van der Waals surface area contributed by atoms with E-state index in [1.54, 1.807) is 6.08 Å². The lowest BCUT2D eigenvalue weighted by atomic mass is 10.2. The Bertz CT molecular complexity index is 814. The fourth-order valence-corrected chi connectivity index (χ4v) is 6.12. The first kappa shape index (κ1) is 17.6. The minimum absolute atomic E-state index is 0.0462. The summed E-state index contributed by atoms with van der Waals surface area (Å²) in [5.41, 5.74) is 0. The van der Waals surface area contributed by atoms with E-state index in [0.717, 1.165) is 16.6 Å². The van der Waals surface area contributed by atoms with E-state index in [0.29, 0.717) is 15.6 Å². The van der Waals surface area contributed by atoms with Crippen molar-refractivity contribution in [3.8, 4) is 0 Å². The van der Waals surface area contributed by atoms with Crippen LogP contribution in [0.4, 0.5) is 0 Å². The van der Waals surface area contributed by atoms with Crippen LogP contribution >= 0.6 is 35.3 Å². The fourth-order valence-electron chi connectivity index (χ4n) is 2.46. The zero-order valence-electron chi connectivity index (χ0n) is 12.4. The maximum Gasteiger partial charge on any atom is 0.266 e. The summed E-state index contributed by atoms with van der Waals surface area (Å²) in [5.74, 6) is -0.656. The van der Waals surface area contributed by atoms with Crippen LogP contribution < -0.4 is 5.32 Å². The first-order valence-corrected chi connectivity index (χ1v) is 11.1. The highest BCUT2D eigenvalue weighted by molar-refractivity contribution is 8.26. The van der Waals surface area contributed by atoms with E-state index in [-0.39, 0.29) is 30.0 Å². The summed E-state index contributed by atoms with van der Waals surface area (Å²) in [6, 6.07) is 3.40. The minimum atomic E-state index is -3.06. The van der Waals surface area contributed by atoms with E-state index in [9.17, 15) is 18.0 Å². The van der Waals surface area contributed by atoms with Crippen molar-refractivity contribution in [2.45, 2.75) is 12.5 Å². The predicted molar refractivity (Wildman–Crippen MR) is 99.4 cm³/mol. The normalized spacial score (nSPS) is 24.8. The Balaban J connectivity index is 1.62. The van der Waals surface area contributed by atoms with Gasteiger partial charge in [-0.25, -0.2) is 8.42 Å². The predicted octanol–water partition coefficient (Wildman–Crippen LogP) is 1.25. The van der Waals surface area contributed by atoms with E-state index >= 15 is 0 Å². The highest BCUT2D eigenvalue weighted by Gasteiger charge is 2.35. The number of carbonyl (C=O) groups excluding carboxylic acids is 2. The van der Waals surface area contributed by atoms with Crippen molar-refractivity contribution in [3.05, 3.63) is 27.3 Å². The third-order valence-corrected chi connectivity index (χ3v) is 7.55. The van der Waals surface area contributed by atoms with Crippen molar-refractivity contribution in [1.29, 1.82) is 0 Å². The monoisotopic (exact) mass is 402 g/mol. The van der Waals surface area contributed by atoms with Gasteiger partial charge in [0.05, 0.1) is 16.4 Å². The Labute approximate surface area is 153 Å². The summed E-state index contributed by atoms with van der Waals surface area (Å²) in [6.45, 7) is -0.191. The number of hydrogen-bond acceptors (Lipinski definition) is 7. The molecule has 10 heteroatoms. The van der Waals surface area contributed by atoms with Crippen LogP contribution in [-0.4, -0.2) is 53.5 Å². The van der Waals surface area contributed by atoms with E-state index in [1.165, 1.54) is 16.2 Å². The van der Waals surface area contributed by atoms with Gasteiger partial charge in [-0.2, -0.15) is 0 Å². The van der Waals surface area contributed by atoms with Gasteiger partial charge in [0.25, 0.3) is 5.91 Å². The van der Waals surface area contributed by atoms with Crippen molar-refractivity contribution in [2.75, 3.05) is 18.1 Å². The zero-order chi connectivity index (χ0) is 17.3. The Morgan fingerprint density at radius 1 is 1.50 bits per heavy atom. The number of sulfone groups is 1. The lowest BCUT2D eigenvalue weighted by Crippen LogP contribution is -2.43. The molecule has 3 rings (SSSR count). The molecule has 1 aromatic heterocycles. The van der Waals surface area contributed by atoms with Crippen LogP contribution in [0.2, 0.25) is 0 Å². The Morgan fingerprint density at radius 3 is 2.92 bits per heavy atom. The van der Waals surface area contributed by atoms with Crippen LogP contribution in [0.1, 0.15) is 11.3 Å². The number of thiocarbonyl (C=S) groups is 1. The number of hydrogen-bond donors (Lipinski definition) is 1. The minimum Gasteiger partial charge on any atom is -0.351 e. The van der Waals surface area contributed by atoms with Gasteiger partial charge in [-0.3, -0.25) is 14.5 Å². The third-order valence-electron chi connectivity index (χ3n) is 3.59. The number of thiophene rings is 1. The molecule has 0 spiro atoms. The van der Waals surface area contributed by atoms with Crippen molar-refractivity contribution in [1.82, 2.24) is 10.2 Å². The molecule has 24 heavy (non-hydrogen) atoms. The average molecular weight is 403 g/mol. The smallest absolute Gasteiger partial charge is 0.266 e. The molecule has 6 nitrogen and oxygen atoms in total. The van der Waals surface area contributed by atoms with Crippen molar-refractivity contribution < 1.29 is 18.0 Å². The molecule has 0 radical (unpaired) electrons. The molecule has 2 amide bonds. The summed E-state index contributed by atoms with van der Waals surface area (Å²) < 4.78 is 23.2. The molecule has 1 N–H and O–H groups in total. The fraction of sp³-hybridized carbons (Fsp3) is 0.357.